The third kappa shape index (κ3) is 5.70. The van der Waals surface area contributed by atoms with E-state index in [1.165, 1.54) is 31.0 Å². The summed E-state index contributed by atoms with van der Waals surface area (Å²) in [7, 11) is 0. The molecule has 1 aromatic carbocycles. The van der Waals surface area contributed by atoms with Gasteiger partial charge in [-0.3, -0.25) is 14.3 Å². The zero-order valence-electron chi connectivity index (χ0n) is 18.6. The molecule has 32 heavy (non-hydrogen) atoms. The number of carbonyl (C=O) groups excluding carboxylic acids is 1. The van der Waals surface area contributed by atoms with Gasteiger partial charge in [0.25, 0.3) is 0 Å². The number of amides is 1. The lowest BCUT2D eigenvalue weighted by atomic mass is 9.92. The standard InChI is InChI=1S/C24H32N6OS/c25-19-24(13-7-1-2-8-14-24)26-22(31)18-32-23-28-27-21(17-29-15-9-4-10-16-29)30(23)20-11-5-3-6-12-20/h3,5-6,11-12H,1-2,4,7-10,13-18H2,(H,26,31). The molecular formula is C24H32N6OS. The lowest BCUT2D eigenvalue weighted by Crippen LogP contribution is -2.47. The fourth-order valence-corrected chi connectivity index (χ4v) is 5.45. The molecule has 0 unspecified atom stereocenters. The van der Waals surface area contributed by atoms with Crippen LogP contribution in [0.5, 0.6) is 0 Å². The van der Waals surface area contributed by atoms with Crippen LogP contribution in [0.4, 0.5) is 0 Å². The van der Waals surface area contributed by atoms with Crippen molar-refractivity contribution in [1.29, 1.82) is 5.26 Å². The number of hydrogen-bond acceptors (Lipinski definition) is 6. The van der Waals surface area contributed by atoms with Gasteiger partial charge in [-0.2, -0.15) is 5.26 Å². The summed E-state index contributed by atoms with van der Waals surface area (Å²) in [5.74, 6) is 1.01. The molecule has 1 aliphatic heterocycles. The van der Waals surface area contributed by atoms with E-state index in [9.17, 15) is 10.1 Å². The Hall–Kier alpha value is -2.37. The number of carbonyl (C=O) groups is 1. The molecule has 2 aliphatic rings. The Morgan fingerprint density at radius 3 is 2.41 bits per heavy atom. The largest absolute Gasteiger partial charge is 0.337 e. The van der Waals surface area contributed by atoms with E-state index >= 15 is 0 Å². The van der Waals surface area contributed by atoms with Gasteiger partial charge in [-0.05, 0) is 50.9 Å². The van der Waals surface area contributed by atoms with E-state index in [0.29, 0.717) is 5.16 Å². The first-order chi connectivity index (χ1) is 15.7. The molecule has 7 nitrogen and oxygen atoms in total. The van der Waals surface area contributed by atoms with Crippen LogP contribution >= 0.6 is 11.8 Å². The van der Waals surface area contributed by atoms with Gasteiger partial charge in [0, 0.05) is 5.69 Å². The SMILES string of the molecule is N#CC1(NC(=O)CSc2nnc(CN3CCCCC3)n2-c2ccccc2)CCCCCC1. The number of para-hydroxylation sites is 1. The predicted octanol–water partition coefficient (Wildman–Crippen LogP) is 4.08. The summed E-state index contributed by atoms with van der Waals surface area (Å²) in [6.45, 7) is 2.93. The second kappa shape index (κ2) is 11.0. The summed E-state index contributed by atoms with van der Waals surface area (Å²) >= 11 is 1.39. The summed E-state index contributed by atoms with van der Waals surface area (Å²) < 4.78 is 2.07. The quantitative estimate of drug-likeness (QED) is 0.503. The molecule has 2 aromatic rings. The second-order valence-electron chi connectivity index (χ2n) is 8.85. The van der Waals surface area contributed by atoms with Gasteiger partial charge in [0.2, 0.25) is 5.91 Å². The van der Waals surface area contributed by atoms with Crippen LogP contribution in [0.3, 0.4) is 0 Å². The number of aromatic nitrogens is 3. The van der Waals surface area contributed by atoms with E-state index in [-0.39, 0.29) is 11.7 Å². The van der Waals surface area contributed by atoms with Crippen molar-refractivity contribution in [3.8, 4) is 11.8 Å². The van der Waals surface area contributed by atoms with Crippen LogP contribution < -0.4 is 5.32 Å². The number of nitrogens with zero attached hydrogens (tertiary/aromatic N) is 5. The molecule has 170 valence electrons. The Morgan fingerprint density at radius 2 is 1.72 bits per heavy atom. The van der Waals surface area contributed by atoms with Crippen LogP contribution in [0.25, 0.3) is 5.69 Å². The van der Waals surface area contributed by atoms with Gasteiger partial charge < -0.3 is 5.32 Å². The maximum Gasteiger partial charge on any atom is 0.231 e. The first-order valence-electron chi connectivity index (χ1n) is 11.8. The van der Waals surface area contributed by atoms with Crippen LogP contribution in [0, 0.1) is 11.3 Å². The smallest absolute Gasteiger partial charge is 0.231 e. The molecule has 1 saturated carbocycles. The lowest BCUT2D eigenvalue weighted by molar-refractivity contribution is -0.120. The van der Waals surface area contributed by atoms with Crippen molar-refractivity contribution in [2.75, 3.05) is 18.8 Å². The second-order valence-corrected chi connectivity index (χ2v) is 9.79. The summed E-state index contributed by atoms with van der Waals surface area (Å²) in [6.07, 6.45) is 9.46. The summed E-state index contributed by atoms with van der Waals surface area (Å²) in [5, 5.41) is 22.4. The fourth-order valence-electron chi connectivity index (χ4n) is 4.68. The summed E-state index contributed by atoms with van der Waals surface area (Å²) in [6, 6.07) is 12.5. The van der Waals surface area contributed by atoms with E-state index in [2.05, 4.69) is 31.1 Å². The van der Waals surface area contributed by atoms with Crippen molar-refractivity contribution in [2.45, 2.75) is 75.0 Å². The van der Waals surface area contributed by atoms with Crippen LogP contribution in [0.15, 0.2) is 35.5 Å². The van der Waals surface area contributed by atoms with Crippen molar-refractivity contribution in [3.63, 3.8) is 0 Å². The minimum atomic E-state index is -0.722. The number of benzene rings is 1. The predicted molar refractivity (Wildman–Crippen MR) is 125 cm³/mol. The Balaban J connectivity index is 1.47. The Morgan fingerprint density at radius 1 is 1.03 bits per heavy atom. The molecule has 1 aliphatic carbocycles. The van der Waals surface area contributed by atoms with Gasteiger partial charge in [-0.1, -0.05) is 62.1 Å². The van der Waals surface area contributed by atoms with Gasteiger partial charge in [0.05, 0.1) is 18.4 Å². The normalized spacial score (nSPS) is 19.1. The van der Waals surface area contributed by atoms with E-state index in [1.807, 2.05) is 30.3 Å². The van der Waals surface area contributed by atoms with Crippen LogP contribution in [0.1, 0.15) is 63.6 Å². The highest BCUT2D eigenvalue weighted by atomic mass is 32.2. The average Bonchev–Trinajstić information content (AvgIpc) is 3.07. The number of nitriles is 1. The number of hydrogen-bond donors (Lipinski definition) is 1. The van der Waals surface area contributed by atoms with Crippen LogP contribution in [0.2, 0.25) is 0 Å². The topological polar surface area (TPSA) is 86.8 Å². The fraction of sp³-hybridized carbons (Fsp3) is 0.583. The van der Waals surface area contributed by atoms with Crippen molar-refractivity contribution in [2.24, 2.45) is 0 Å². The third-order valence-electron chi connectivity index (χ3n) is 6.41. The molecule has 0 atom stereocenters. The van der Waals surface area contributed by atoms with Crippen molar-refractivity contribution < 1.29 is 4.79 Å². The molecule has 1 aromatic heterocycles. The van der Waals surface area contributed by atoms with E-state index in [4.69, 9.17) is 0 Å². The maximum atomic E-state index is 12.8. The zero-order valence-corrected chi connectivity index (χ0v) is 19.4. The number of rotatable bonds is 7. The molecule has 1 amide bonds. The van der Waals surface area contributed by atoms with Gasteiger partial charge in [0.1, 0.15) is 5.54 Å². The van der Waals surface area contributed by atoms with Gasteiger partial charge in [0.15, 0.2) is 11.0 Å². The van der Waals surface area contributed by atoms with E-state index < -0.39 is 5.54 Å². The van der Waals surface area contributed by atoms with Crippen LogP contribution in [-0.2, 0) is 11.3 Å². The highest BCUT2D eigenvalue weighted by Gasteiger charge is 2.32. The van der Waals surface area contributed by atoms with Gasteiger partial charge >= 0.3 is 0 Å². The summed E-state index contributed by atoms with van der Waals surface area (Å²) in [4.78, 5) is 15.2. The molecule has 0 bridgehead atoms. The molecule has 8 heteroatoms. The molecule has 4 rings (SSSR count). The molecular weight excluding hydrogens is 420 g/mol. The third-order valence-corrected chi connectivity index (χ3v) is 7.34. The number of thioether (sulfide) groups is 1. The first-order valence-corrected chi connectivity index (χ1v) is 12.7. The maximum absolute atomic E-state index is 12.8. The average molecular weight is 453 g/mol. The zero-order chi connectivity index (χ0) is 22.2. The highest BCUT2D eigenvalue weighted by Crippen LogP contribution is 2.28. The minimum absolute atomic E-state index is 0.112. The van der Waals surface area contributed by atoms with Gasteiger partial charge in [-0.15, -0.1) is 10.2 Å². The first kappa shape index (κ1) is 22.8. The Bertz CT molecular complexity index is 924. The lowest BCUT2D eigenvalue weighted by Gasteiger charge is -2.26. The monoisotopic (exact) mass is 452 g/mol. The van der Waals surface area contributed by atoms with E-state index in [1.54, 1.807) is 0 Å². The van der Waals surface area contributed by atoms with Crippen molar-refractivity contribution >= 4 is 17.7 Å². The molecule has 0 spiro atoms. The van der Waals surface area contributed by atoms with Crippen LogP contribution in [-0.4, -0.2) is 50.0 Å². The van der Waals surface area contributed by atoms with Gasteiger partial charge in [-0.25, -0.2) is 0 Å². The Labute approximate surface area is 194 Å². The summed E-state index contributed by atoms with van der Waals surface area (Å²) in [5.41, 5.74) is 0.283. The molecule has 1 saturated heterocycles. The highest BCUT2D eigenvalue weighted by molar-refractivity contribution is 7.99. The van der Waals surface area contributed by atoms with Crippen molar-refractivity contribution in [1.82, 2.24) is 25.0 Å². The van der Waals surface area contributed by atoms with Crippen molar-refractivity contribution in [3.05, 3.63) is 36.2 Å². The molecule has 1 N–H and O–H groups in total. The van der Waals surface area contributed by atoms with E-state index in [0.717, 1.165) is 69.7 Å². The Kier molecular flexibility index (Phi) is 7.82. The number of likely N-dealkylation sites (tertiary alicyclic amines) is 1. The molecule has 2 fully saturated rings. The minimum Gasteiger partial charge on any atom is -0.337 e. The molecule has 2 heterocycles. The number of nitrogens with one attached hydrogen (secondary N) is 1. The number of piperidine rings is 1. The molecule has 0 radical (unpaired) electrons.